The van der Waals surface area contributed by atoms with Crippen molar-refractivity contribution in [1.82, 2.24) is 29.8 Å². The SMILES string of the molecule is O=C(NC(=O)c1cc(F)cc2nnsc12)c1ccccc1S(=O)(=O)OS(=O)(=O)c1ccccc1C(=O)NC(=O)c1cc(F)cc2nnsc12. The van der Waals surface area contributed by atoms with Crippen molar-refractivity contribution in [3.8, 4) is 0 Å². The lowest BCUT2D eigenvalue weighted by atomic mass is 10.1. The summed E-state index contributed by atoms with van der Waals surface area (Å²) >= 11 is 1.49. The molecular weight excluding hydrogens is 731 g/mol. The van der Waals surface area contributed by atoms with Gasteiger partial charge in [0.05, 0.1) is 31.7 Å². The average Bonchev–Trinajstić information content (AvgIpc) is 3.73. The van der Waals surface area contributed by atoms with Crippen LogP contribution in [0.1, 0.15) is 41.4 Å². The standard InChI is InChI=1S/C28H14F2N6O9S4/c29-13-9-17(23-19(11-13)33-35-46-23)27(39)31-25(37)15-5-1-3-7-21(15)48(41,42)45-49(43,44)22-8-4-2-6-16(22)26(38)32-28(40)18-10-14(30)12-20-24(18)47-36-34-20/h1-12H,(H,31,37,39)(H,32,38,40). The van der Waals surface area contributed by atoms with Crippen LogP contribution < -0.4 is 10.6 Å². The lowest BCUT2D eigenvalue weighted by Crippen LogP contribution is -2.32. The van der Waals surface area contributed by atoms with Gasteiger partial charge in [-0.15, -0.1) is 13.8 Å². The molecule has 248 valence electrons. The maximum atomic E-state index is 14.0. The molecule has 0 bridgehead atoms. The van der Waals surface area contributed by atoms with Gasteiger partial charge < -0.3 is 0 Å². The minimum absolute atomic E-state index is 0.0332. The number of nitrogens with one attached hydrogen (secondary N) is 2. The first kappa shape index (κ1) is 33.4. The van der Waals surface area contributed by atoms with Crippen molar-refractivity contribution >= 4 is 87.4 Å². The number of benzene rings is 4. The number of rotatable bonds is 8. The third kappa shape index (κ3) is 6.64. The number of carbonyl (C=O) groups excluding carboxylic acids is 4. The van der Waals surface area contributed by atoms with E-state index in [4.69, 9.17) is 0 Å². The summed E-state index contributed by atoms with van der Waals surface area (Å²) in [6.07, 6.45) is 0. The highest BCUT2D eigenvalue weighted by molar-refractivity contribution is 8.00. The van der Waals surface area contributed by atoms with Gasteiger partial charge in [0.25, 0.3) is 23.6 Å². The molecule has 0 spiro atoms. The Kier molecular flexibility index (Phi) is 8.77. The number of hydrogen-bond donors (Lipinski definition) is 2. The van der Waals surface area contributed by atoms with E-state index >= 15 is 0 Å². The van der Waals surface area contributed by atoms with E-state index < -0.39 is 76.4 Å². The van der Waals surface area contributed by atoms with Gasteiger partial charge in [0.2, 0.25) is 0 Å². The zero-order chi connectivity index (χ0) is 35.1. The van der Waals surface area contributed by atoms with Crippen LogP contribution in [0.25, 0.3) is 20.4 Å². The van der Waals surface area contributed by atoms with Crippen LogP contribution >= 0.6 is 23.1 Å². The maximum Gasteiger partial charge on any atom is 0.312 e. The quantitative estimate of drug-likeness (QED) is 0.214. The van der Waals surface area contributed by atoms with Crippen LogP contribution in [0.3, 0.4) is 0 Å². The summed E-state index contributed by atoms with van der Waals surface area (Å²) in [6.45, 7) is 0. The maximum absolute atomic E-state index is 14.0. The van der Waals surface area contributed by atoms with Gasteiger partial charge in [-0.05, 0) is 59.5 Å². The van der Waals surface area contributed by atoms with Crippen LogP contribution in [0.2, 0.25) is 0 Å². The van der Waals surface area contributed by atoms with Crippen LogP contribution in [0.15, 0.2) is 82.6 Å². The zero-order valence-corrected chi connectivity index (χ0v) is 27.0. The second-order valence-corrected chi connectivity index (χ2v) is 14.4. The highest BCUT2D eigenvalue weighted by Gasteiger charge is 2.34. The van der Waals surface area contributed by atoms with Crippen molar-refractivity contribution < 1.29 is 48.4 Å². The third-order valence-electron chi connectivity index (χ3n) is 6.55. The molecule has 4 amide bonds. The number of imide groups is 2. The van der Waals surface area contributed by atoms with E-state index in [0.29, 0.717) is 0 Å². The molecule has 0 aliphatic heterocycles. The molecule has 0 radical (unpaired) electrons. The molecule has 0 saturated heterocycles. The Hall–Kier alpha value is -5.48. The molecule has 2 aromatic heterocycles. The average molecular weight is 745 g/mol. The summed E-state index contributed by atoms with van der Waals surface area (Å²) in [6, 6.07) is 11.9. The number of amides is 4. The second kappa shape index (κ2) is 12.9. The van der Waals surface area contributed by atoms with Crippen molar-refractivity contribution in [1.29, 1.82) is 0 Å². The molecule has 0 fully saturated rings. The predicted molar refractivity (Wildman–Crippen MR) is 167 cm³/mol. The smallest absolute Gasteiger partial charge is 0.288 e. The van der Waals surface area contributed by atoms with E-state index in [9.17, 15) is 44.8 Å². The number of nitrogens with zero attached hydrogens (tertiary/aromatic N) is 4. The van der Waals surface area contributed by atoms with E-state index in [-0.39, 0.29) is 31.6 Å². The Morgan fingerprint density at radius 1 is 0.571 bits per heavy atom. The Morgan fingerprint density at radius 3 is 1.35 bits per heavy atom. The van der Waals surface area contributed by atoms with Crippen LogP contribution in [0.5, 0.6) is 0 Å². The molecule has 0 aliphatic carbocycles. The first-order valence-electron chi connectivity index (χ1n) is 13.2. The van der Waals surface area contributed by atoms with Crippen LogP contribution in [0, 0.1) is 11.6 Å². The first-order chi connectivity index (χ1) is 23.2. The topological polar surface area (TPSA) is 221 Å². The van der Waals surface area contributed by atoms with E-state index in [1.54, 1.807) is 0 Å². The van der Waals surface area contributed by atoms with Gasteiger partial charge in [-0.2, -0.15) is 16.8 Å². The minimum atomic E-state index is -5.40. The number of hydrogen-bond acceptors (Lipinski definition) is 15. The monoisotopic (exact) mass is 744 g/mol. The molecule has 2 heterocycles. The van der Waals surface area contributed by atoms with Crippen LogP contribution in [0.4, 0.5) is 8.78 Å². The van der Waals surface area contributed by atoms with Gasteiger partial charge >= 0.3 is 20.2 Å². The summed E-state index contributed by atoms with van der Waals surface area (Å²) in [7, 11) is -10.8. The lowest BCUT2D eigenvalue weighted by molar-refractivity contribution is 0.0832. The second-order valence-electron chi connectivity index (χ2n) is 9.68. The van der Waals surface area contributed by atoms with E-state index in [1.165, 1.54) is 12.1 Å². The largest absolute Gasteiger partial charge is 0.312 e. The first-order valence-corrected chi connectivity index (χ1v) is 17.6. The summed E-state index contributed by atoms with van der Waals surface area (Å²) in [5.41, 5.74) is -2.03. The molecule has 6 aromatic rings. The molecule has 0 saturated carbocycles. The summed E-state index contributed by atoms with van der Waals surface area (Å²) in [4.78, 5) is 50.0. The fourth-order valence-electron chi connectivity index (χ4n) is 4.46. The fraction of sp³-hybridized carbons (Fsp3) is 0. The van der Waals surface area contributed by atoms with Crippen LogP contribution in [-0.4, -0.2) is 59.6 Å². The Labute approximate surface area is 281 Å². The molecular formula is C28H14F2N6O9S4. The van der Waals surface area contributed by atoms with E-state index in [1.807, 2.05) is 10.6 Å². The van der Waals surface area contributed by atoms with Gasteiger partial charge in [-0.3, -0.25) is 29.8 Å². The molecule has 6 rings (SSSR count). The number of aromatic nitrogens is 4. The number of carbonyl (C=O) groups is 4. The Bertz CT molecular complexity index is 2410. The van der Waals surface area contributed by atoms with Crippen molar-refractivity contribution in [2.45, 2.75) is 9.79 Å². The molecule has 0 atom stereocenters. The van der Waals surface area contributed by atoms with Gasteiger partial charge in [0.1, 0.15) is 32.5 Å². The van der Waals surface area contributed by atoms with Crippen molar-refractivity contribution in [2.24, 2.45) is 0 Å². The molecule has 4 aromatic carbocycles. The predicted octanol–water partition coefficient (Wildman–Crippen LogP) is 3.21. The molecule has 0 aliphatic rings. The van der Waals surface area contributed by atoms with E-state index in [2.05, 4.69) is 22.8 Å². The summed E-state index contributed by atoms with van der Waals surface area (Å²) in [5.74, 6) is -6.63. The number of halogens is 2. The van der Waals surface area contributed by atoms with Gasteiger partial charge in [0, 0.05) is 12.1 Å². The van der Waals surface area contributed by atoms with Gasteiger partial charge in [0.15, 0.2) is 0 Å². The van der Waals surface area contributed by atoms with Crippen molar-refractivity contribution in [3.63, 3.8) is 0 Å². The summed E-state index contributed by atoms with van der Waals surface area (Å²) < 4.78 is 93.5. The lowest BCUT2D eigenvalue weighted by Gasteiger charge is -2.13. The van der Waals surface area contributed by atoms with Gasteiger partial charge in [-0.1, -0.05) is 33.2 Å². The summed E-state index contributed by atoms with van der Waals surface area (Å²) in [5, 5.41) is 11.2. The molecule has 15 nitrogen and oxygen atoms in total. The van der Waals surface area contributed by atoms with Crippen LogP contribution in [-0.2, 0) is 23.9 Å². The minimum Gasteiger partial charge on any atom is -0.288 e. The highest BCUT2D eigenvalue weighted by atomic mass is 32.3. The fourth-order valence-corrected chi connectivity index (χ4v) is 8.65. The third-order valence-corrected chi connectivity index (χ3v) is 11.3. The molecule has 0 unspecified atom stereocenters. The zero-order valence-electron chi connectivity index (χ0n) is 23.8. The van der Waals surface area contributed by atoms with Crippen molar-refractivity contribution in [3.05, 3.63) is 107 Å². The van der Waals surface area contributed by atoms with E-state index in [0.717, 1.165) is 83.7 Å². The molecule has 21 heteroatoms. The van der Waals surface area contributed by atoms with Crippen molar-refractivity contribution in [2.75, 3.05) is 0 Å². The highest BCUT2D eigenvalue weighted by Crippen LogP contribution is 2.27. The Balaban J connectivity index is 1.26. The normalized spacial score (nSPS) is 11.8. The molecule has 2 N–H and O–H groups in total. The number of fused-ring (bicyclic) bond motifs is 2. The Morgan fingerprint density at radius 2 is 0.939 bits per heavy atom. The molecule has 49 heavy (non-hydrogen) atoms. The van der Waals surface area contributed by atoms with Gasteiger partial charge in [-0.25, -0.2) is 8.78 Å².